The van der Waals surface area contributed by atoms with Crippen LogP contribution in [0.15, 0.2) is 107 Å². The predicted molar refractivity (Wildman–Crippen MR) is 136 cm³/mol. The Morgan fingerprint density at radius 3 is 2.71 bits per heavy atom. The summed E-state index contributed by atoms with van der Waals surface area (Å²) in [7, 11) is 0. The van der Waals surface area contributed by atoms with Crippen LogP contribution in [0.2, 0.25) is 0 Å². The van der Waals surface area contributed by atoms with E-state index < -0.39 is 0 Å². The second kappa shape index (κ2) is 11.5. The van der Waals surface area contributed by atoms with Gasteiger partial charge in [-0.05, 0) is 62.2 Å². The van der Waals surface area contributed by atoms with Crippen LogP contribution >= 0.6 is 0 Å². The molecular weight excluding hydrogens is 426 g/mol. The molecule has 1 amide bonds. The van der Waals surface area contributed by atoms with E-state index in [1.54, 1.807) is 49.7 Å². The SMILES string of the molecule is C=C/C=C\C(C)=C(/C)N=C(C)NC(=O)c1cccc(Cn2nc(-c3cccnc3)ccc2=O)c1. The number of carbonyl (C=O) groups is 1. The minimum absolute atomic E-state index is 0.228. The standard InChI is InChI=1S/C27H27N5O2/c1-5-6-9-19(2)20(3)29-21(4)30-27(34)23-11-7-10-22(16-23)18-32-26(33)14-13-25(31-32)24-12-8-15-28-17-24/h5-17H,1,18H2,2-4H3,(H,29,30,34)/b9-6-,20-19+. The number of hydrogen-bond acceptors (Lipinski definition) is 5. The van der Waals surface area contributed by atoms with Crippen LogP contribution in [-0.2, 0) is 6.54 Å². The number of hydrogen-bond donors (Lipinski definition) is 1. The molecule has 3 rings (SSSR count). The van der Waals surface area contributed by atoms with Crippen molar-refractivity contribution in [3.63, 3.8) is 0 Å². The lowest BCUT2D eigenvalue weighted by Crippen LogP contribution is -2.28. The number of nitrogens with one attached hydrogen (secondary N) is 1. The third-order valence-corrected chi connectivity index (χ3v) is 5.03. The highest BCUT2D eigenvalue weighted by Crippen LogP contribution is 2.14. The van der Waals surface area contributed by atoms with Crippen molar-refractivity contribution in [2.45, 2.75) is 27.3 Å². The van der Waals surface area contributed by atoms with E-state index in [4.69, 9.17) is 0 Å². The molecule has 0 saturated heterocycles. The third kappa shape index (κ3) is 6.56. The van der Waals surface area contributed by atoms with Crippen molar-refractivity contribution < 1.29 is 4.79 Å². The van der Waals surface area contributed by atoms with Crippen molar-refractivity contribution in [2.24, 2.45) is 4.99 Å². The molecule has 34 heavy (non-hydrogen) atoms. The molecule has 0 radical (unpaired) electrons. The fourth-order valence-corrected chi connectivity index (χ4v) is 3.15. The Labute approximate surface area is 198 Å². The second-order valence-corrected chi connectivity index (χ2v) is 7.67. The van der Waals surface area contributed by atoms with E-state index in [-0.39, 0.29) is 18.0 Å². The molecule has 0 saturated carbocycles. The Bertz CT molecular complexity index is 1330. The highest BCUT2D eigenvalue weighted by Gasteiger charge is 2.09. The zero-order valence-corrected chi connectivity index (χ0v) is 19.5. The molecule has 2 heterocycles. The lowest BCUT2D eigenvalue weighted by atomic mass is 10.1. The molecule has 7 nitrogen and oxygen atoms in total. The van der Waals surface area contributed by atoms with Crippen molar-refractivity contribution in [3.8, 4) is 11.3 Å². The van der Waals surface area contributed by atoms with Crippen LogP contribution in [0.1, 0.15) is 36.7 Å². The van der Waals surface area contributed by atoms with E-state index in [1.807, 2.05) is 44.2 Å². The molecule has 0 atom stereocenters. The summed E-state index contributed by atoms with van der Waals surface area (Å²) in [4.78, 5) is 33.7. The summed E-state index contributed by atoms with van der Waals surface area (Å²) in [5.74, 6) is 0.209. The quantitative estimate of drug-likeness (QED) is 0.323. The van der Waals surface area contributed by atoms with E-state index in [0.717, 1.165) is 22.4 Å². The highest BCUT2D eigenvalue weighted by molar-refractivity contribution is 6.06. The monoisotopic (exact) mass is 453 g/mol. The van der Waals surface area contributed by atoms with Gasteiger partial charge in [-0.15, -0.1) is 0 Å². The number of rotatable bonds is 7. The van der Waals surface area contributed by atoms with Crippen molar-refractivity contribution in [3.05, 3.63) is 118 Å². The largest absolute Gasteiger partial charge is 0.310 e. The molecule has 172 valence electrons. The van der Waals surface area contributed by atoms with Crippen LogP contribution in [0, 0.1) is 0 Å². The molecule has 0 bridgehead atoms. The molecule has 0 spiro atoms. The topological polar surface area (TPSA) is 89.2 Å². The lowest BCUT2D eigenvalue weighted by molar-refractivity contribution is 0.0976. The Kier molecular flexibility index (Phi) is 8.18. The zero-order chi connectivity index (χ0) is 24.5. The summed E-state index contributed by atoms with van der Waals surface area (Å²) in [5, 5.41) is 7.27. The smallest absolute Gasteiger partial charge is 0.267 e. The summed E-state index contributed by atoms with van der Waals surface area (Å²) >= 11 is 0. The number of amides is 1. The fraction of sp³-hybridized carbons (Fsp3) is 0.148. The molecule has 0 aliphatic rings. The van der Waals surface area contributed by atoms with E-state index in [2.05, 4.69) is 27.0 Å². The van der Waals surface area contributed by atoms with Gasteiger partial charge in [0.1, 0.15) is 5.84 Å². The van der Waals surface area contributed by atoms with E-state index in [9.17, 15) is 9.59 Å². The molecule has 3 aromatic rings. The summed E-state index contributed by atoms with van der Waals surface area (Å²) < 4.78 is 1.37. The molecule has 1 N–H and O–H groups in total. The molecule has 1 aromatic carbocycles. The van der Waals surface area contributed by atoms with Crippen molar-refractivity contribution in [1.82, 2.24) is 20.1 Å². The van der Waals surface area contributed by atoms with Crippen molar-refractivity contribution in [1.29, 1.82) is 0 Å². The van der Waals surface area contributed by atoms with Crippen LogP contribution in [-0.4, -0.2) is 26.5 Å². The normalized spacial score (nSPS) is 12.4. The maximum atomic E-state index is 12.8. The van der Waals surface area contributed by atoms with Gasteiger partial charge in [-0.1, -0.05) is 36.9 Å². The molecule has 0 fully saturated rings. The van der Waals surface area contributed by atoms with Crippen LogP contribution in [0.3, 0.4) is 0 Å². The number of allylic oxidation sites excluding steroid dienone is 5. The van der Waals surface area contributed by atoms with Crippen LogP contribution in [0.25, 0.3) is 11.3 Å². The summed E-state index contributed by atoms with van der Waals surface area (Å²) in [6.07, 6.45) is 8.81. The van der Waals surface area contributed by atoms with Gasteiger partial charge in [0.25, 0.3) is 11.5 Å². The number of amidine groups is 1. The third-order valence-electron chi connectivity index (χ3n) is 5.03. The molecule has 0 aliphatic carbocycles. The van der Waals surface area contributed by atoms with Gasteiger partial charge in [0, 0.05) is 35.3 Å². The molecule has 0 unspecified atom stereocenters. The minimum Gasteiger partial charge on any atom is -0.310 e. The Morgan fingerprint density at radius 2 is 1.97 bits per heavy atom. The molecule has 2 aromatic heterocycles. The number of nitrogens with zero attached hydrogens (tertiary/aromatic N) is 4. The zero-order valence-electron chi connectivity index (χ0n) is 19.5. The molecule has 0 aliphatic heterocycles. The summed E-state index contributed by atoms with van der Waals surface area (Å²) in [6.45, 7) is 9.45. The Morgan fingerprint density at radius 1 is 1.15 bits per heavy atom. The van der Waals surface area contributed by atoms with Gasteiger partial charge in [-0.25, -0.2) is 9.67 Å². The van der Waals surface area contributed by atoms with Crippen LogP contribution < -0.4 is 10.9 Å². The van der Waals surface area contributed by atoms with Crippen molar-refractivity contribution >= 4 is 11.7 Å². The van der Waals surface area contributed by atoms with Crippen molar-refractivity contribution in [2.75, 3.05) is 0 Å². The number of pyridine rings is 1. The van der Waals surface area contributed by atoms with Crippen LogP contribution in [0.5, 0.6) is 0 Å². The Hall–Kier alpha value is -4.39. The maximum Gasteiger partial charge on any atom is 0.267 e. The minimum atomic E-state index is -0.278. The van der Waals surface area contributed by atoms with E-state index >= 15 is 0 Å². The van der Waals surface area contributed by atoms with Gasteiger partial charge < -0.3 is 5.32 Å². The first kappa shape index (κ1) is 24.3. The van der Waals surface area contributed by atoms with E-state index in [1.165, 1.54) is 10.7 Å². The van der Waals surface area contributed by atoms with E-state index in [0.29, 0.717) is 17.1 Å². The van der Waals surface area contributed by atoms with Gasteiger partial charge in [0.15, 0.2) is 0 Å². The number of carbonyl (C=O) groups excluding carboxylic acids is 1. The lowest BCUT2D eigenvalue weighted by Gasteiger charge is -2.09. The maximum absolute atomic E-state index is 12.8. The van der Waals surface area contributed by atoms with Gasteiger partial charge >= 0.3 is 0 Å². The summed E-state index contributed by atoms with van der Waals surface area (Å²) in [6, 6.07) is 13.9. The number of benzene rings is 1. The fourth-order valence-electron chi connectivity index (χ4n) is 3.15. The average molecular weight is 454 g/mol. The Balaban J connectivity index is 1.77. The predicted octanol–water partition coefficient (Wildman–Crippen LogP) is 4.54. The highest BCUT2D eigenvalue weighted by atomic mass is 16.1. The average Bonchev–Trinajstić information content (AvgIpc) is 2.84. The van der Waals surface area contributed by atoms with Gasteiger partial charge in [-0.2, -0.15) is 5.10 Å². The number of aromatic nitrogens is 3. The summed E-state index contributed by atoms with van der Waals surface area (Å²) in [5.41, 5.74) is 4.25. The number of aliphatic imine (C=N–C) groups is 1. The first-order valence-corrected chi connectivity index (χ1v) is 10.8. The van der Waals surface area contributed by atoms with Gasteiger partial charge in [0.2, 0.25) is 0 Å². The molecule has 7 heteroatoms. The second-order valence-electron chi connectivity index (χ2n) is 7.67. The first-order chi connectivity index (χ1) is 16.4. The van der Waals surface area contributed by atoms with Gasteiger partial charge in [-0.3, -0.25) is 14.6 Å². The van der Waals surface area contributed by atoms with Crippen LogP contribution in [0.4, 0.5) is 0 Å². The van der Waals surface area contributed by atoms with Gasteiger partial charge in [0.05, 0.1) is 12.2 Å². The molecular formula is C27H27N5O2. The first-order valence-electron chi connectivity index (χ1n) is 10.8.